The zero-order valence-electron chi connectivity index (χ0n) is 9.19. The highest BCUT2D eigenvalue weighted by molar-refractivity contribution is 7.73. The van der Waals surface area contributed by atoms with Crippen molar-refractivity contribution in [3.63, 3.8) is 0 Å². The lowest BCUT2D eigenvalue weighted by molar-refractivity contribution is 0.321. The molecule has 2 unspecified atom stereocenters. The first kappa shape index (κ1) is 11.1. The standard InChI is InChI=1S/C10H17N3S2/c1-7-5-3-4-6-8(7)13(2)9-11-12-10(14)15-9/h7-8H,3-6H2,1-2H3,(H,12,14). The largest absolute Gasteiger partial charge is 0.347 e. The van der Waals surface area contributed by atoms with Gasteiger partial charge in [0.2, 0.25) is 5.13 Å². The summed E-state index contributed by atoms with van der Waals surface area (Å²) in [7, 11) is 2.13. The van der Waals surface area contributed by atoms with Gasteiger partial charge in [-0.3, -0.25) is 5.10 Å². The van der Waals surface area contributed by atoms with Crippen LogP contribution in [0.3, 0.4) is 0 Å². The SMILES string of the molecule is CC1CCCCC1N(C)c1n[nH]c(=S)s1. The number of nitrogens with zero attached hydrogens (tertiary/aromatic N) is 2. The number of anilines is 1. The second kappa shape index (κ2) is 4.61. The Morgan fingerprint density at radius 2 is 2.20 bits per heavy atom. The summed E-state index contributed by atoms with van der Waals surface area (Å²) in [6.07, 6.45) is 5.34. The lowest BCUT2D eigenvalue weighted by Gasteiger charge is -2.35. The van der Waals surface area contributed by atoms with Crippen LogP contribution in [0.15, 0.2) is 0 Å². The lowest BCUT2D eigenvalue weighted by Crippen LogP contribution is -2.38. The van der Waals surface area contributed by atoms with Crippen molar-refractivity contribution >= 4 is 28.7 Å². The zero-order chi connectivity index (χ0) is 10.8. The van der Waals surface area contributed by atoms with Crippen molar-refractivity contribution in [1.82, 2.24) is 10.2 Å². The van der Waals surface area contributed by atoms with Gasteiger partial charge in [-0.2, -0.15) is 0 Å². The molecule has 0 aliphatic heterocycles. The monoisotopic (exact) mass is 243 g/mol. The van der Waals surface area contributed by atoms with E-state index in [2.05, 4.69) is 29.1 Å². The minimum absolute atomic E-state index is 0.632. The molecule has 0 bridgehead atoms. The first-order chi connectivity index (χ1) is 7.18. The molecule has 1 aromatic heterocycles. The number of hydrogen-bond donors (Lipinski definition) is 1. The average molecular weight is 243 g/mol. The molecule has 5 heteroatoms. The van der Waals surface area contributed by atoms with Gasteiger partial charge in [-0.25, -0.2) is 0 Å². The van der Waals surface area contributed by atoms with Crippen molar-refractivity contribution in [1.29, 1.82) is 0 Å². The average Bonchev–Trinajstić information content (AvgIpc) is 2.65. The van der Waals surface area contributed by atoms with Gasteiger partial charge in [0.05, 0.1) is 0 Å². The Kier molecular flexibility index (Phi) is 3.41. The van der Waals surface area contributed by atoms with Crippen LogP contribution < -0.4 is 4.90 Å². The highest BCUT2D eigenvalue weighted by Crippen LogP contribution is 2.30. The Bertz CT molecular complexity index is 371. The van der Waals surface area contributed by atoms with Crippen LogP contribution in [0.25, 0.3) is 0 Å². The van der Waals surface area contributed by atoms with Crippen molar-refractivity contribution in [3.8, 4) is 0 Å². The molecule has 1 aromatic rings. The van der Waals surface area contributed by atoms with Gasteiger partial charge in [-0.1, -0.05) is 31.1 Å². The molecule has 1 N–H and O–H groups in total. The van der Waals surface area contributed by atoms with Crippen LogP contribution in [0, 0.1) is 9.87 Å². The molecule has 2 atom stereocenters. The maximum absolute atomic E-state index is 5.06. The smallest absolute Gasteiger partial charge is 0.206 e. The topological polar surface area (TPSA) is 31.9 Å². The van der Waals surface area contributed by atoms with Crippen LogP contribution >= 0.6 is 23.6 Å². The number of nitrogens with one attached hydrogen (secondary N) is 1. The molecule has 0 aromatic carbocycles. The molecule has 1 heterocycles. The van der Waals surface area contributed by atoms with Crippen LogP contribution in [-0.4, -0.2) is 23.3 Å². The molecular weight excluding hydrogens is 226 g/mol. The molecular formula is C10H17N3S2. The fourth-order valence-corrected chi connectivity index (χ4v) is 3.28. The van der Waals surface area contributed by atoms with Crippen LogP contribution in [0.4, 0.5) is 5.13 Å². The Hall–Kier alpha value is -0.420. The molecule has 1 saturated carbocycles. The zero-order valence-corrected chi connectivity index (χ0v) is 10.8. The van der Waals surface area contributed by atoms with Crippen molar-refractivity contribution < 1.29 is 0 Å². The molecule has 1 aliphatic rings. The molecule has 84 valence electrons. The van der Waals surface area contributed by atoms with Gasteiger partial charge < -0.3 is 4.90 Å². The van der Waals surface area contributed by atoms with Crippen LogP contribution in [0.2, 0.25) is 0 Å². The molecule has 15 heavy (non-hydrogen) atoms. The Morgan fingerprint density at radius 1 is 1.47 bits per heavy atom. The summed E-state index contributed by atoms with van der Waals surface area (Å²) in [6, 6.07) is 0.632. The highest BCUT2D eigenvalue weighted by Gasteiger charge is 2.26. The number of rotatable bonds is 2. The summed E-state index contributed by atoms with van der Waals surface area (Å²) in [5, 5.41) is 8.11. The fraction of sp³-hybridized carbons (Fsp3) is 0.800. The summed E-state index contributed by atoms with van der Waals surface area (Å²) in [6.45, 7) is 2.34. The first-order valence-electron chi connectivity index (χ1n) is 5.47. The number of aromatic amines is 1. The van der Waals surface area contributed by atoms with Gasteiger partial charge in [0, 0.05) is 13.1 Å². The minimum Gasteiger partial charge on any atom is -0.347 e. The molecule has 1 aliphatic carbocycles. The second-order valence-corrected chi connectivity index (χ2v) is 5.98. The molecule has 3 nitrogen and oxygen atoms in total. The quantitative estimate of drug-likeness (QED) is 0.809. The van der Waals surface area contributed by atoms with Crippen LogP contribution in [0.1, 0.15) is 32.6 Å². The predicted octanol–water partition coefficient (Wildman–Crippen LogP) is 3.22. The van der Waals surface area contributed by atoms with Gasteiger partial charge in [-0.15, -0.1) is 5.10 Å². The molecule has 0 spiro atoms. The van der Waals surface area contributed by atoms with E-state index in [1.165, 1.54) is 25.7 Å². The summed E-state index contributed by atoms with van der Waals surface area (Å²) < 4.78 is 0.764. The van der Waals surface area contributed by atoms with E-state index >= 15 is 0 Å². The summed E-state index contributed by atoms with van der Waals surface area (Å²) in [5.74, 6) is 0.765. The van der Waals surface area contributed by atoms with Crippen molar-refractivity contribution in [2.24, 2.45) is 5.92 Å². The van der Waals surface area contributed by atoms with E-state index < -0.39 is 0 Å². The fourth-order valence-electron chi connectivity index (χ4n) is 2.39. The van der Waals surface area contributed by atoms with Crippen LogP contribution in [0.5, 0.6) is 0 Å². The molecule has 0 saturated heterocycles. The summed E-state index contributed by atoms with van der Waals surface area (Å²) in [5.41, 5.74) is 0. The maximum Gasteiger partial charge on any atom is 0.206 e. The Labute approximate surface area is 99.5 Å². The van der Waals surface area contributed by atoms with Gasteiger partial charge in [0.25, 0.3) is 0 Å². The normalized spacial score (nSPS) is 26.5. The van der Waals surface area contributed by atoms with Crippen LogP contribution in [-0.2, 0) is 0 Å². The van der Waals surface area contributed by atoms with Gasteiger partial charge in [-0.05, 0) is 31.0 Å². The van der Waals surface area contributed by atoms with Crippen molar-refractivity contribution in [3.05, 3.63) is 3.95 Å². The van der Waals surface area contributed by atoms with E-state index in [0.29, 0.717) is 6.04 Å². The molecule has 0 amide bonds. The summed E-state index contributed by atoms with van der Waals surface area (Å²) in [4.78, 5) is 2.29. The van der Waals surface area contributed by atoms with E-state index in [-0.39, 0.29) is 0 Å². The molecule has 2 rings (SSSR count). The van der Waals surface area contributed by atoms with E-state index in [1.54, 1.807) is 11.3 Å². The summed E-state index contributed by atoms with van der Waals surface area (Å²) >= 11 is 6.62. The Balaban J connectivity index is 2.12. The second-order valence-electron chi connectivity index (χ2n) is 4.34. The van der Waals surface area contributed by atoms with Crippen molar-refractivity contribution in [2.45, 2.75) is 38.6 Å². The van der Waals surface area contributed by atoms with E-state index in [9.17, 15) is 0 Å². The number of H-pyrrole nitrogens is 1. The minimum atomic E-state index is 0.632. The number of aromatic nitrogens is 2. The van der Waals surface area contributed by atoms with Crippen molar-refractivity contribution in [2.75, 3.05) is 11.9 Å². The third-order valence-corrected chi connectivity index (χ3v) is 4.47. The van der Waals surface area contributed by atoms with Gasteiger partial charge in [0.15, 0.2) is 3.95 Å². The van der Waals surface area contributed by atoms with E-state index in [4.69, 9.17) is 12.2 Å². The molecule has 0 radical (unpaired) electrons. The third kappa shape index (κ3) is 2.39. The van der Waals surface area contributed by atoms with Gasteiger partial charge in [0.1, 0.15) is 0 Å². The first-order valence-corrected chi connectivity index (χ1v) is 6.69. The van der Waals surface area contributed by atoms with E-state index in [1.807, 2.05) is 0 Å². The maximum atomic E-state index is 5.06. The molecule has 1 fully saturated rings. The lowest BCUT2D eigenvalue weighted by atomic mass is 9.85. The Morgan fingerprint density at radius 3 is 2.80 bits per heavy atom. The number of hydrogen-bond acceptors (Lipinski definition) is 4. The predicted molar refractivity (Wildman–Crippen MR) is 67.1 cm³/mol. The van der Waals surface area contributed by atoms with Gasteiger partial charge >= 0.3 is 0 Å². The highest BCUT2D eigenvalue weighted by atomic mass is 32.1. The van der Waals surface area contributed by atoms with E-state index in [0.717, 1.165) is 15.0 Å². The third-order valence-electron chi connectivity index (χ3n) is 3.29.